The molecule has 2 aromatic heterocycles. The zero-order chi connectivity index (χ0) is 23.2. The van der Waals surface area contributed by atoms with E-state index in [0.717, 1.165) is 44.0 Å². The Hall–Kier alpha value is -4.83. The molecule has 0 amide bonds. The van der Waals surface area contributed by atoms with Gasteiger partial charge in [-0.15, -0.1) is 0 Å². The van der Waals surface area contributed by atoms with Crippen molar-refractivity contribution in [2.24, 2.45) is 0 Å². The number of fused-ring (bicyclic) bond motifs is 4. The van der Waals surface area contributed by atoms with Crippen molar-refractivity contribution < 1.29 is 4.42 Å². The minimum absolute atomic E-state index is 0.615. The molecule has 0 N–H and O–H groups in total. The maximum Gasteiger partial charge on any atom is 0.164 e. The van der Waals surface area contributed by atoms with Gasteiger partial charge in [-0.05, 0) is 35.0 Å². The van der Waals surface area contributed by atoms with Gasteiger partial charge in [-0.25, -0.2) is 15.0 Å². The van der Waals surface area contributed by atoms with Gasteiger partial charge in [0.1, 0.15) is 11.2 Å². The number of furan rings is 1. The summed E-state index contributed by atoms with van der Waals surface area (Å²) in [5.41, 5.74) is 4.48. The van der Waals surface area contributed by atoms with Crippen LogP contribution in [0, 0.1) is 0 Å². The number of hydrogen-bond acceptors (Lipinski definition) is 4. The van der Waals surface area contributed by atoms with Crippen molar-refractivity contribution in [1.29, 1.82) is 0 Å². The third-order valence-electron chi connectivity index (χ3n) is 6.31. The summed E-state index contributed by atoms with van der Waals surface area (Å²) >= 11 is 0. The summed E-state index contributed by atoms with van der Waals surface area (Å²) in [7, 11) is 0. The Bertz CT molecular complexity index is 1850. The smallest absolute Gasteiger partial charge is 0.164 e. The SMILES string of the molecule is c1ccc(-c2nc(-c3ccc4ccccc4c3)nc(-c3ccc4c(c3)oc3ccccc34)n2)cc1. The topological polar surface area (TPSA) is 51.8 Å². The number of benzene rings is 5. The number of rotatable bonds is 3. The number of hydrogen-bond donors (Lipinski definition) is 0. The van der Waals surface area contributed by atoms with E-state index in [4.69, 9.17) is 19.4 Å². The standard InChI is InChI=1S/C31H19N3O/c1-2-9-21(10-3-1)29-32-30(23-15-14-20-8-4-5-11-22(20)18-23)34-31(33-29)24-16-17-26-25-12-6-7-13-27(25)35-28(26)19-24/h1-19H. The van der Waals surface area contributed by atoms with E-state index >= 15 is 0 Å². The lowest BCUT2D eigenvalue weighted by Crippen LogP contribution is -2.00. The molecule has 0 saturated heterocycles. The summed E-state index contributed by atoms with van der Waals surface area (Å²) in [6, 6.07) is 38.9. The quantitative estimate of drug-likeness (QED) is 0.275. The summed E-state index contributed by atoms with van der Waals surface area (Å²) in [5, 5.41) is 4.52. The first-order chi connectivity index (χ1) is 17.3. The predicted octanol–water partition coefficient (Wildman–Crippen LogP) is 7.93. The van der Waals surface area contributed by atoms with Crippen molar-refractivity contribution >= 4 is 32.7 Å². The highest BCUT2D eigenvalue weighted by atomic mass is 16.3. The molecule has 0 aliphatic heterocycles. The minimum atomic E-state index is 0.615. The first-order valence-corrected chi connectivity index (χ1v) is 11.5. The van der Waals surface area contributed by atoms with E-state index in [-0.39, 0.29) is 0 Å². The average Bonchev–Trinajstić information content (AvgIpc) is 3.31. The second-order valence-corrected chi connectivity index (χ2v) is 8.54. The molecular formula is C31H19N3O. The molecule has 0 fully saturated rings. The zero-order valence-corrected chi connectivity index (χ0v) is 18.7. The fraction of sp³-hybridized carbons (Fsp3) is 0. The van der Waals surface area contributed by atoms with Crippen LogP contribution in [-0.4, -0.2) is 15.0 Å². The molecule has 0 aliphatic rings. The third-order valence-corrected chi connectivity index (χ3v) is 6.31. The molecule has 0 aliphatic carbocycles. The predicted molar refractivity (Wildman–Crippen MR) is 141 cm³/mol. The Morgan fingerprint density at radius 3 is 1.83 bits per heavy atom. The van der Waals surface area contributed by atoms with Crippen LogP contribution in [-0.2, 0) is 0 Å². The van der Waals surface area contributed by atoms with Gasteiger partial charge in [-0.1, -0.05) is 91.0 Å². The molecule has 0 saturated carbocycles. The van der Waals surface area contributed by atoms with E-state index < -0.39 is 0 Å². The van der Waals surface area contributed by atoms with E-state index in [1.807, 2.05) is 66.7 Å². The van der Waals surface area contributed by atoms with Crippen molar-refractivity contribution in [3.63, 3.8) is 0 Å². The van der Waals surface area contributed by atoms with Crippen LogP contribution >= 0.6 is 0 Å². The summed E-state index contributed by atoms with van der Waals surface area (Å²) < 4.78 is 6.12. The van der Waals surface area contributed by atoms with Crippen molar-refractivity contribution in [1.82, 2.24) is 15.0 Å². The molecule has 5 aromatic carbocycles. The second-order valence-electron chi connectivity index (χ2n) is 8.54. The van der Waals surface area contributed by atoms with E-state index in [9.17, 15) is 0 Å². The van der Waals surface area contributed by atoms with Gasteiger partial charge in [0.2, 0.25) is 0 Å². The highest BCUT2D eigenvalue weighted by Crippen LogP contribution is 2.32. The van der Waals surface area contributed by atoms with Crippen LogP contribution in [0.25, 0.3) is 66.9 Å². The minimum Gasteiger partial charge on any atom is -0.456 e. The maximum atomic E-state index is 6.12. The van der Waals surface area contributed by atoms with Gasteiger partial charge in [-0.2, -0.15) is 0 Å². The van der Waals surface area contributed by atoms with E-state index in [2.05, 4.69) is 48.5 Å². The van der Waals surface area contributed by atoms with Crippen molar-refractivity contribution in [2.45, 2.75) is 0 Å². The van der Waals surface area contributed by atoms with E-state index in [0.29, 0.717) is 17.5 Å². The van der Waals surface area contributed by atoms with E-state index in [1.165, 1.54) is 5.39 Å². The molecule has 4 heteroatoms. The molecule has 0 spiro atoms. The Labute approximate surface area is 201 Å². The second kappa shape index (κ2) is 7.89. The average molecular weight is 450 g/mol. The number of para-hydroxylation sites is 1. The molecule has 35 heavy (non-hydrogen) atoms. The van der Waals surface area contributed by atoms with Crippen molar-refractivity contribution in [2.75, 3.05) is 0 Å². The van der Waals surface area contributed by atoms with E-state index in [1.54, 1.807) is 0 Å². The molecule has 4 nitrogen and oxygen atoms in total. The first kappa shape index (κ1) is 19.6. The van der Waals surface area contributed by atoms with Crippen molar-refractivity contribution in [3.8, 4) is 34.2 Å². The van der Waals surface area contributed by atoms with Gasteiger partial charge in [0.15, 0.2) is 17.5 Å². The lowest BCUT2D eigenvalue weighted by atomic mass is 10.1. The first-order valence-electron chi connectivity index (χ1n) is 11.5. The summed E-state index contributed by atoms with van der Waals surface area (Å²) in [6.07, 6.45) is 0. The Balaban J connectivity index is 1.43. The lowest BCUT2D eigenvalue weighted by molar-refractivity contribution is 0.669. The lowest BCUT2D eigenvalue weighted by Gasteiger charge is -2.09. The summed E-state index contributed by atoms with van der Waals surface area (Å²) in [5.74, 6) is 1.90. The molecule has 164 valence electrons. The van der Waals surface area contributed by atoms with Crippen LogP contribution in [0.15, 0.2) is 120 Å². The Kier molecular flexibility index (Phi) is 4.42. The van der Waals surface area contributed by atoms with Crippen LogP contribution < -0.4 is 0 Å². The van der Waals surface area contributed by atoms with Crippen LogP contribution in [0.4, 0.5) is 0 Å². The molecule has 2 heterocycles. The molecular weight excluding hydrogens is 430 g/mol. The van der Waals surface area contributed by atoms with Crippen LogP contribution in [0.5, 0.6) is 0 Å². The molecule has 0 bridgehead atoms. The summed E-state index contributed by atoms with van der Waals surface area (Å²) in [4.78, 5) is 14.6. The zero-order valence-electron chi connectivity index (χ0n) is 18.7. The Morgan fingerprint density at radius 1 is 0.400 bits per heavy atom. The molecule has 0 atom stereocenters. The van der Waals surface area contributed by atoms with Crippen LogP contribution in [0.3, 0.4) is 0 Å². The normalized spacial score (nSPS) is 11.4. The van der Waals surface area contributed by atoms with Gasteiger partial charge in [0.05, 0.1) is 0 Å². The van der Waals surface area contributed by atoms with Gasteiger partial charge >= 0.3 is 0 Å². The van der Waals surface area contributed by atoms with Gasteiger partial charge in [-0.3, -0.25) is 0 Å². The van der Waals surface area contributed by atoms with Gasteiger partial charge < -0.3 is 4.42 Å². The molecule has 7 rings (SSSR count). The number of aromatic nitrogens is 3. The molecule has 0 radical (unpaired) electrons. The maximum absolute atomic E-state index is 6.12. The van der Waals surface area contributed by atoms with Gasteiger partial charge in [0, 0.05) is 27.5 Å². The number of nitrogens with zero attached hydrogens (tertiary/aromatic N) is 3. The monoisotopic (exact) mass is 449 g/mol. The highest BCUT2D eigenvalue weighted by molar-refractivity contribution is 6.05. The van der Waals surface area contributed by atoms with Crippen LogP contribution in [0.2, 0.25) is 0 Å². The largest absolute Gasteiger partial charge is 0.456 e. The van der Waals surface area contributed by atoms with Gasteiger partial charge in [0.25, 0.3) is 0 Å². The summed E-state index contributed by atoms with van der Waals surface area (Å²) in [6.45, 7) is 0. The van der Waals surface area contributed by atoms with Crippen molar-refractivity contribution in [3.05, 3.63) is 115 Å². The third kappa shape index (κ3) is 3.44. The fourth-order valence-electron chi connectivity index (χ4n) is 4.54. The highest BCUT2D eigenvalue weighted by Gasteiger charge is 2.14. The van der Waals surface area contributed by atoms with Crippen LogP contribution in [0.1, 0.15) is 0 Å². The Morgan fingerprint density at radius 2 is 1.00 bits per heavy atom. The fourth-order valence-corrected chi connectivity index (χ4v) is 4.54. The molecule has 0 unspecified atom stereocenters. The molecule has 7 aromatic rings.